The number of carbonyl (C=O) groups excluding carboxylic acids is 1. The van der Waals surface area contributed by atoms with Crippen molar-refractivity contribution in [1.29, 1.82) is 0 Å². The van der Waals surface area contributed by atoms with Gasteiger partial charge in [-0.25, -0.2) is 0 Å². The van der Waals surface area contributed by atoms with E-state index < -0.39 is 0 Å². The van der Waals surface area contributed by atoms with Gasteiger partial charge in [-0.3, -0.25) is 4.79 Å². The normalized spacial score (nSPS) is 11.7. The minimum atomic E-state index is -0.291. The smallest absolute Gasteiger partial charge is 0.272 e. The molecular formula is C14H16N4O2. The average Bonchev–Trinajstić information content (AvgIpc) is 2.48. The summed E-state index contributed by atoms with van der Waals surface area (Å²) in [6, 6.07) is 10.4. The van der Waals surface area contributed by atoms with Gasteiger partial charge in [-0.05, 0) is 36.8 Å². The molecule has 0 spiro atoms. The van der Waals surface area contributed by atoms with E-state index in [1.54, 1.807) is 19.2 Å². The second-order valence-electron chi connectivity index (χ2n) is 4.31. The van der Waals surface area contributed by atoms with Crippen LogP contribution in [0.5, 0.6) is 5.75 Å². The monoisotopic (exact) mass is 272 g/mol. The van der Waals surface area contributed by atoms with Gasteiger partial charge in [-0.15, -0.1) is 10.2 Å². The SMILES string of the molecule is COc1ccc(C(C)NC(=O)c2ccc(N)nn2)cc1. The number of amides is 1. The first-order chi connectivity index (χ1) is 9.60. The van der Waals surface area contributed by atoms with E-state index in [1.165, 1.54) is 0 Å². The highest BCUT2D eigenvalue weighted by Crippen LogP contribution is 2.17. The van der Waals surface area contributed by atoms with Crippen molar-refractivity contribution in [2.45, 2.75) is 13.0 Å². The Hall–Kier alpha value is -2.63. The van der Waals surface area contributed by atoms with Crippen molar-refractivity contribution < 1.29 is 9.53 Å². The van der Waals surface area contributed by atoms with Crippen LogP contribution in [0.1, 0.15) is 29.0 Å². The Kier molecular flexibility index (Phi) is 4.14. The maximum atomic E-state index is 12.0. The molecule has 1 atom stereocenters. The number of benzene rings is 1. The third-order valence-electron chi connectivity index (χ3n) is 2.88. The summed E-state index contributed by atoms with van der Waals surface area (Å²) in [6.45, 7) is 1.89. The number of anilines is 1. The predicted molar refractivity (Wildman–Crippen MR) is 75.3 cm³/mol. The lowest BCUT2D eigenvalue weighted by atomic mass is 10.1. The second-order valence-corrected chi connectivity index (χ2v) is 4.31. The van der Waals surface area contributed by atoms with Gasteiger partial charge in [0.05, 0.1) is 13.2 Å². The van der Waals surface area contributed by atoms with Crippen LogP contribution >= 0.6 is 0 Å². The van der Waals surface area contributed by atoms with Gasteiger partial charge < -0.3 is 15.8 Å². The summed E-state index contributed by atoms with van der Waals surface area (Å²) in [4.78, 5) is 12.0. The summed E-state index contributed by atoms with van der Waals surface area (Å²) in [5, 5.41) is 10.2. The number of hydrogen-bond donors (Lipinski definition) is 2. The minimum absolute atomic E-state index is 0.146. The molecular weight excluding hydrogens is 256 g/mol. The van der Waals surface area contributed by atoms with E-state index in [2.05, 4.69) is 15.5 Å². The van der Waals surface area contributed by atoms with Crippen LogP contribution < -0.4 is 15.8 Å². The molecule has 6 nitrogen and oxygen atoms in total. The standard InChI is InChI=1S/C14H16N4O2/c1-9(10-3-5-11(20-2)6-4-10)16-14(19)12-7-8-13(15)18-17-12/h3-9H,1-2H3,(H2,15,18)(H,16,19). The summed E-state index contributed by atoms with van der Waals surface area (Å²) in [7, 11) is 1.61. The Morgan fingerprint density at radius 1 is 1.20 bits per heavy atom. The molecule has 1 amide bonds. The number of carbonyl (C=O) groups is 1. The summed E-state index contributed by atoms with van der Waals surface area (Å²) in [5.74, 6) is 0.766. The van der Waals surface area contributed by atoms with Crippen LogP contribution in [0.25, 0.3) is 0 Å². The van der Waals surface area contributed by atoms with Crippen molar-refractivity contribution in [2.24, 2.45) is 0 Å². The molecule has 3 N–H and O–H groups in total. The number of nitrogens with zero attached hydrogens (tertiary/aromatic N) is 2. The van der Waals surface area contributed by atoms with Gasteiger partial charge in [-0.1, -0.05) is 12.1 Å². The first-order valence-corrected chi connectivity index (χ1v) is 6.14. The molecule has 20 heavy (non-hydrogen) atoms. The van der Waals surface area contributed by atoms with E-state index in [-0.39, 0.29) is 23.5 Å². The average molecular weight is 272 g/mol. The zero-order valence-electron chi connectivity index (χ0n) is 11.3. The highest BCUT2D eigenvalue weighted by Gasteiger charge is 2.13. The van der Waals surface area contributed by atoms with Crippen molar-refractivity contribution in [2.75, 3.05) is 12.8 Å². The van der Waals surface area contributed by atoms with Crippen LogP contribution in [-0.4, -0.2) is 23.2 Å². The molecule has 0 saturated carbocycles. The van der Waals surface area contributed by atoms with Gasteiger partial charge >= 0.3 is 0 Å². The fourth-order valence-corrected chi connectivity index (χ4v) is 1.71. The molecule has 1 aromatic heterocycles. The molecule has 0 aliphatic heterocycles. The minimum Gasteiger partial charge on any atom is -0.497 e. The number of methoxy groups -OCH3 is 1. The van der Waals surface area contributed by atoms with Crippen molar-refractivity contribution in [1.82, 2.24) is 15.5 Å². The van der Waals surface area contributed by atoms with Gasteiger partial charge in [0.25, 0.3) is 5.91 Å². The Morgan fingerprint density at radius 2 is 1.90 bits per heavy atom. The fourth-order valence-electron chi connectivity index (χ4n) is 1.71. The molecule has 0 fully saturated rings. The molecule has 0 bridgehead atoms. The number of nitrogen functional groups attached to an aromatic ring is 1. The van der Waals surface area contributed by atoms with Gasteiger partial charge in [0.15, 0.2) is 5.69 Å². The molecule has 1 unspecified atom stereocenters. The van der Waals surface area contributed by atoms with Gasteiger partial charge in [0.1, 0.15) is 11.6 Å². The largest absolute Gasteiger partial charge is 0.497 e. The highest BCUT2D eigenvalue weighted by atomic mass is 16.5. The van der Waals surface area contributed by atoms with Gasteiger partial charge in [-0.2, -0.15) is 0 Å². The molecule has 0 radical (unpaired) electrons. The van der Waals surface area contributed by atoms with Crippen LogP contribution in [0.3, 0.4) is 0 Å². The lowest BCUT2D eigenvalue weighted by Gasteiger charge is -2.14. The van der Waals surface area contributed by atoms with Crippen molar-refractivity contribution in [3.8, 4) is 5.75 Å². The Morgan fingerprint density at radius 3 is 2.45 bits per heavy atom. The predicted octanol–water partition coefficient (Wildman–Crippen LogP) is 1.56. The van der Waals surface area contributed by atoms with E-state index in [4.69, 9.17) is 10.5 Å². The van der Waals surface area contributed by atoms with Gasteiger partial charge in [0, 0.05) is 0 Å². The topological polar surface area (TPSA) is 90.1 Å². The Labute approximate surface area is 117 Å². The van der Waals surface area contributed by atoms with E-state index in [0.717, 1.165) is 11.3 Å². The third-order valence-corrected chi connectivity index (χ3v) is 2.88. The lowest BCUT2D eigenvalue weighted by Crippen LogP contribution is -2.27. The van der Waals surface area contributed by atoms with Crippen molar-refractivity contribution >= 4 is 11.7 Å². The quantitative estimate of drug-likeness (QED) is 0.881. The van der Waals surface area contributed by atoms with E-state index in [1.807, 2.05) is 31.2 Å². The van der Waals surface area contributed by atoms with E-state index in [0.29, 0.717) is 0 Å². The molecule has 2 aromatic rings. The molecule has 1 aromatic carbocycles. The second kappa shape index (κ2) is 6.01. The van der Waals surface area contributed by atoms with E-state index in [9.17, 15) is 4.79 Å². The van der Waals surface area contributed by atoms with E-state index >= 15 is 0 Å². The van der Waals surface area contributed by atoms with Gasteiger partial charge in [0.2, 0.25) is 0 Å². The summed E-state index contributed by atoms with van der Waals surface area (Å²) >= 11 is 0. The molecule has 2 rings (SSSR count). The number of ether oxygens (including phenoxy) is 1. The Bertz CT molecular complexity index is 581. The summed E-state index contributed by atoms with van der Waals surface area (Å²) in [6.07, 6.45) is 0. The molecule has 0 aliphatic carbocycles. The van der Waals surface area contributed by atoms with Crippen molar-refractivity contribution in [3.05, 3.63) is 47.7 Å². The molecule has 1 heterocycles. The van der Waals surface area contributed by atoms with Crippen LogP contribution in [0.2, 0.25) is 0 Å². The van der Waals surface area contributed by atoms with Crippen molar-refractivity contribution in [3.63, 3.8) is 0 Å². The van der Waals surface area contributed by atoms with Crippen LogP contribution in [-0.2, 0) is 0 Å². The number of hydrogen-bond acceptors (Lipinski definition) is 5. The molecule has 104 valence electrons. The first-order valence-electron chi connectivity index (χ1n) is 6.14. The van der Waals surface area contributed by atoms with Crippen LogP contribution in [0.15, 0.2) is 36.4 Å². The zero-order chi connectivity index (χ0) is 14.5. The maximum Gasteiger partial charge on any atom is 0.272 e. The zero-order valence-corrected chi connectivity index (χ0v) is 11.3. The number of rotatable bonds is 4. The molecule has 0 aliphatic rings. The van der Waals surface area contributed by atoms with Crippen LogP contribution in [0, 0.1) is 0 Å². The number of aromatic nitrogens is 2. The third kappa shape index (κ3) is 3.23. The molecule has 0 saturated heterocycles. The van der Waals surface area contributed by atoms with Crippen LogP contribution in [0.4, 0.5) is 5.82 Å². The molecule has 6 heteroatoms. The summed E-state index contributed by atoms with van der Waals surface area (Å²) in [5.41, 5.74) is 6.64. The first kappa shape index (κ1) is 13.8. The highest BCUT2D eigenvalue weighted by molar-refractivity contribution is 5.92. The Balaban J connectivity index is 2.04. The lowest BCUT2D eigenvalue weighted by molar-refractivity contribution is 0.0934. The fraction of sp³-hybridized carbons (Fsp3) is 0.214. The number of nitrogens with one attached hydrogen (secondary N) is 1. The number of nitrogens with two attached hydrogens (primary N) is 1. The maximum absolute atomic E-state index is 12.0. The summed E-state index contributed by atoms with van der Waals surface area (Å²) < 4.78 is 5.09.